The van der Waals surface area contributed by atoms with Gasteiger partial charge in [-0.3, -0.25) is 4.79 Å². The smallest absolute Gasteiger partial charge is 0.269 e. The lowest BCUT2D eigenvalue weighted by Crippen LogP contribution is -2.29. The number of aromatic nitrogens is 1. The molecule has 96 valence electrons. The van der Waals surface area contributed by atoms with Crippen molar-refractivity contribution in [2.75, 3.05) is 19.3 Å². The second kappa shape index (κ2) is 7.75. The Kier molecular flexibility index (Phi) is 6.26. The second-order valence-electron chi connectivity index (χ2n) is 3.69. The van der Waals surface area contributed by atoms with Crippen LogP contribution in [0.4, 0.5) is 0 Å². The van der Waals surface area contributed by atoms with Gasteiger partial charge in [0.05, 0.1) is 6.54 Å². The Morgan fingerprint density at radius 3 is 2.94 bits per heavy atom. The molecule has 1 atom stereocenters. The number of carbonyl (C=O) groups is 1. The predicted octanol–water partition coefficient (Wildman–Crippen LogP) is 0.873. The molecular weight excluding hydrogens is 246 g/mol. The van der Waals surface area contributed by atoms with Crippen molar-refractivity contribution in [3.63, 3.8) is 0 Å². The first-order valence-corrected chi connectivity index (χ1v) is 6.92. The van der Waals surface area contributed by atoms with Crippen LogP contribution in [0.5, 0.6) is 0 Å². The summed E-state index contributed by atoms with van der Waals surface area (Å²) >= 11 is 1.71. The maximum absolute atomic E-state index is 11.8. The fourth-order valence-corrected chi connectivity index (χ4v) is 1.42. The van der Waals surface area contributed by atoms with Gasteiger partial charge in [-0.25, -0.2) is 4.98 Å². The summed E-state index contributed by atoms with van der Waals surface area (Å²) in [5, 5.41) is 3.23. The first-order valence-electron chi connectivity index (χ1n) is 5.63. The number of rotatable bonds is 4. The van der Waals surface area contributed by atoms with Gasteiger partial charge in [-0.05, 0) is 18.4 Å². The number of carbonyl (C=O) groups excluding carboxylic acids is 1. The molecule has 1 amide bonds. The minimum Gasteiger partial charge on any atom is -0.350 e. The van der Waals surface area contributed by atoms with Crippen LogP contribution < -0.4 is 11.1 Å². The molecule has 0 aliphatic heterocycles. The van der Waals surface area contributed by atoms with Gasteiger partial charge in [-0.2, -0.15) is 11.8 Å². The van der Waals surface area contributed by atoms with E-state index in [0.717, 1.165) is 5.56 Å². The molecule has 18 heavy (non-hydrogen) atoms. The van der Waals surface area contributed by atoms with E-state index in [9.17, 15) is 4.79 Å². The standard InChI is InChI=1S/C13H17N3OS/c1-10(18-2)8-16-13(17)12-6-5-11(9-15-12)4-3-7-14/h5-6,9-10H,7-8,14H2,1-2H3,(H,16,17). The lowest BCUT2D eigenvalue weighted by Gasteiger charge is -2.09. The summed E-state index contributed by atoms with van der Waals surface area (Å²) in [5.74, 6) is 5.43. The Balaban J connectivity index is 2.59. The molecule has 0 aliphatic rings. The Morgan fingerprint density at radius 1 is 1.61 bits per heavy atom. The maximum Gasteiger partial charge on any atom is 0.269 e. The number of nitrogens with two attached hydrogens (primary N) is 1. The molecule has 3 N–H and O–H groups in total. The van der Waals surface area contributed by atoms with Crippen molar-refractivity contribution in [3.8, 4) is 11.8 Å². The highest BCUT2D eigenvalue weighted by Gasteiger charge is 2.07. The van der Waals surface area contributed by atoms with Crippen molar-refractivity contribution in [1.82, 2.24) is 10.3 Å². The molecule has 1 unspecified atom stereocenters. The van der Waals surface area contributed by atoms with E-state index in [1.807, 2.05) is 6.26 Å². The lowest BCUT2D eigenvalue weighted by atomic mass is 10.2. The van der Waals surface area contributed by atoms with Crippen LogP contribution in [0.15, 0.2) is 18.3 Å². The minimum absolute atomic E-state index is 0.158. The van der Waals surface area contributed by atoms with E-state index in [1.54, 1.807) is 30.1 Å². The van der Waals surface area contributed by atoms with E-state index in [2.05, 4.69) is 29.1 Å². The van der Waals surface area contributed by atoms with Crippen LogP contribution in [0.25, 0.3) is 0 Å². The highest BCUT2D eigenvalue weighted by atomic mass is 32.2. The van der Waals surface area contributed by atoms with Gasteiger partial charge < -0.3 is 11.1 Å². The SMILES string of the molecule is CSC(C)CNC(=O)c1ccc(C#CCN)cn1. The molecule has 5 heteroatoms. The zero-order chi connectivity index (χ0) is 13.4. The minimum atomic E-state index is -0.158. The van der Waals surface area contributed by atoms with Gasteiger partial charge in [-0.15, -0.1) is 0 Å². The molecule has 0 bridgehead atoms. The molecule has 1 aromatic heterocycles. The molecule has 1 rings (SSSR count). The summed E-state index contributed by atoms with van der Waals surface area (Å²) in [7, 11) is 0. The van der Waals surface area contributed by atoms with E-state index in [4.69, 9.17) is 5.73 Å². The van der Waals surface area contributed by atoms with Crippen molar-refractivity contribution >= 4 is 17.7 Å². The third-order valence-electron chi connectivity index (χ3n) is 2.28. The molecule has 0 saturated heterocycles. The number of hydrogen-bond donors (Lipinski definition) is 2. The van der Waals surface area contributed by atoms with Crippen molar-refractivity contribution in [2.45, 2.75) is 12.2 Å². The van der Waals surface area contributed by atoms with E-state index in [1.165, 1.54) is 0 Å². The van der Waals surface area contributed by atoms with Crippen LogP contribution in [-0.2, 0) is 0 Å². The van der Waals surface area contributed by atoms with Gasteiger partial charge in [0.1, 0.15) is 5.69 Å². The molecule has 0 saturated carbocycles. The first kappa shape index (κ1) is 14.6. The van der Waals surface area contributed by atoms with E-state index in [0.29, 0.717) is 24.0 Å². The Hall–Kier alpha value is -1.51. The van der Waals surface area contributed by atoms with Crippen LogP contribution >= 0.6 is 11.8 Å². The van der Waals surface area contributed by atoms with Gasteiger partial charge in [0.2, 0.25) is 0 Å². The van der Waals surface area contributed by atoms with Crippen molar-refractivity contribution < 1.29 is 4.79 Å². The molecule has 0 fully saturated rings. The van der Waals surface area contributed by atoms with Crippen LogP contribution in [0.3, 0.4) is 0 Å². The van der Waals surface area contributed by atoms with Gasteiger partial charge in [0.15, 0.2) is 0 Å². The first-order chi connectivity index (χ1) is 8.67. The van der Waals surface area contributed by atoms with E-state index >= 15 is 0 Å². The molecule has 0 aliphatic carbocycles. The Labute approximate surface area is 112 Å². The van der Waals surface area contributed by atoms with E-state index in [-0.39, 0.29) is 5.91 Å². The highest BCUT2D eigenvalue weighted by Crippen LogP contribution is 2.03. The number of nitrogens with one attached hydrogen (secondary N) is 1. The largest absolute Gasteiger partial charge is 0.350 e. The summed E-state index contributed by atoms with van der Waals surface area (Å²) < 4.78 is 0. The van der Waals surface area contributed by atoms with Crippen LogP contribution in [0, 0.1) is 11.8 Å². The third kappa shape index (κ3) is 4.78. The lowest BCUT2D eigenvalue weighted by molar-refractivity contribution is 0.0949. The topological polar surface area (TPSA) is 68.0 Å². The van der Waals surface area contributed by atoms with Crippen LogP contribution in [-0.4, -0.2) is 35.5 Å². The average Bonchev–Trinajstić information content (AvgIpc) is 2.42. The Morgan fingerprint density at radius 2 is 2.39 bits per heavy atom. The maximum atomic E-state index is 11.8. The molecular formula is C13H17N3OS. The van der Waals surface area contributed by atoms with Crippen LogP contribution in [0.2, 0.25) is 0 Å². The summed E-state index contributed by atoms with van der Waals surface area (Å²) in [4.78, 5) is 15.8. The highest BCUT2D eigenvalue weighted by molar-refractivity contribution is 7.99. The summed E-state index contributed by atoms with van der Waals surface area (Å²) in [6.45, 7) is 3.01. The number of amides is 1. The molecule has 1 heterocycles. The second-order valence-corrected chi connectivity index (χ2v) is 4.97. The van der Waals surface area contributed by atoms with Crippen molar-refractivity contribution in [1.29, 1.82) is 0 Å². The molecule has 1 aromatic rings. The quantitative estimate of drug-likeness (QED) is 0.791. The molecule has 0 aromatic carbocycles. The summed E-state index contributed by atoms with van der Waals surface area (Å²) in [6.07, 6.45) is 3.59. The number of nitrogens with zero attached hydrogens (tertiary/aromatic N) is 1. The van der Waals surface area contributed by atoms with Gasteiger partial charge >= 0.3 is 0 Å². The predicted molar refractivity (Wildman–Crippen MR) is 75.5 cm³/mol. The zero-order valence-corrected chi connectivity index (χ0v) is 11.4. The molecule has 0 spiro atoms. The monoisotopic (exact) mass is 263 g/mol. The summed E-state index contributed by atoms with van der Waals surface area (Å²) in [5.41, 5.74) is 6.44. The number of thioether (sulfide) groups is 1. The molecule has 4 nitrogen and oxygen atoms in total. The number of pyridine rings is 1. The fourth-order valence-electron chi connectivity index (χ4n) is 1.17. The van der Waals surface area contributed by atoms with Crippen molar-refractivity contribution in [3.05, 3.63) is 29.6 Å². The van der Waals surface area contributed by atoms with Crippen molar-refractivity contribution in [2.24, 2.45) is 5.73 Å². The average molecular weight is 263 g/mol. The van der Waals surface area contributed by atoms with Crippen LogP contribution in [0.1, 0.15) is 23.0 Å². The third-order valence-corrected chi connectivity index (χ3v) is 3.25. The molecule has 0 radical (unpaired) electrons. The zero-order valence-electron chi connectivity index (χ0n) is 10.6. The Bertz CT molecular complexity index is 448. The van der Waals surface area contributed by atoms with E-state index < -0.39 is 0 Å². The van der Waals surface area contributed by atoms with Gasteiger partial charge in [0, 0.05) is 23.6 Å². The normalized spacial score (nSPS) is 11.3. The fraction of sp³-hybridized carbons (Fsp3) is 0.385. The summed E-state index contributed by atoms with van der Waals surface area (Å²) in [6, 6.07) is 3.43. The van der Waals surface area contributed by atoms with Gasteiger partial charge in [0.25, 0.3) is 5.91 Å². The van der Waals surface area contributed by atoms with Gasteiger partial charge in [-0.1, -0.05) is 18.8 Å². The number of hydrogen-bond acceptors (Lipinski definition) is 4.